The highest BCUT2D eigenvalue weighted by molar-refractivity contribution is 6.36. The summed E-state index contributed by atoms with van der Waals surface area (Å²) < 4.78 is 0. The van der Waals surface area contributed by atoms with Crippen molar-refractivity contribution < 1.29 is 14.4 Å². The molecule has 2 aromatic rings. The monoisotopic (exact) mass is 516 g/mol. The number of amides is 3. The van der Waals surface area contributed by atoms with Gasteiger partial charge in [-0.1, -0.05) is 36.0 Å². The molecule has 2 aliphatic rings. The molecular weight excluding hydrogens is 487 g/mol. The van der Waals surface area contributed by atoms with Crippen LogP contribution in [0.15, 0.2) is 42.5 Å². The van der Waals surface area contributed by atoms with Crippen molar-refractivity contribution in [3.63, 3.8) is 0 Å². The van der Waals surface area contributed by atoms with Crippen molar-refractivity contribution in [1.82, 2.24) is 9.80 Å². The highest BCUT2D eigenvalue weighted by Crippen LogP contribution is 2.32. The van der Waals surface area contributed by atoms with Gasteiger partial charge in [0.15, 0.2) is 0 Å². The van der Waals surface area contributed by atoms with Crippen LogP contribution < -0.4 is 10.6 Å². The van der Waals surface area contributed by atoms with E-state index in [-0.39, 0.29) is 23.8 Å². The second kappa shape index (κ2) is 11.4. The van der Waals surface area contributed by atoms with Gasteiger partial charge in [-0.2, -0.15) is 0 Å². The van der Waals surface area contributed by atoms with Crippen molar-refractivity contribution in [2.24, 2.45) is 5.92 Å². The van der Waals surface area contributed by atoms with Crippen molar-refractivity contribution in [2.75, 3.05) is 36.8 Å². The van der Waals surface area contributed by atoms with E-state index in [1.54, 1.807) is 47.4 Å². The number of rotatable bonds is 6. The quantitative estimate of drug-likeness (QED) is 0.571. The molecule has 35 heavy (non-hydrogen) atoms. The van der Waals surface area contributed by atoms with Crippen LogP contribution in [0.5, 0.6) is 0 Å². The normalized spacial score (nSPS) is 17.7. The third kappa shape index (κ3) is 6.34. The molecule has 1 aliphatic carbocycles. The molecule has 3 amide bonds. The number of benzene rings is 2. The van der Waals surface area contributed by atoms with Crippen molar-refractivity contribution >= 4 is 52.3 Å². The lowest BCUT2D eigenvalue weighted by Crippen LogP contribution is -2.57. The van der Waals surface area contributed by atoms with Crippen molar-refractivity contribution in [2.45, 2.75) is 38.6 Å². The second-order valence-corrected chi connectivity index (χ2v) is 10.0. The summed E-state index contributed by atoms with van der Waals surface area (Å²) in [6.45, 7) is 3.75. The third-order valence-corrected chi connectivity index (χ3v) is 7.29. The number of halogens is 2. The highest BCUT2D eigenvalue weighted by Gasteiger charge is 2.37. The van der Waals surface area contributed by atoms with Crippen LogP contribution >= 0.6 is 23.2 Å². The molecule has 2 fully saturated rings. The molecule has 0 bridgehead atoms. The van der Waals surface area contributed by atoms with E-state index >= 15 is 0 Å². The van der Waals surface area contributed by atoms with Gasteiger partial charge in [-0.3, -0.25) is 19.3 Å². The Kier molecular flexibility index (Phi) is 8.31. The molecule has 1 saturated heterocycles. The van der Waals surface area contributed by atoms with E-state index in [0.29, 0.717) is 59.1 Å². The number of nitrogens with one attached hydrogen (secondary N) is 2. The predicted molar refractivity (Wildman–Crippen MR) is 139 cm³/mol. The molecule has 1 heterocycles. The van der Waals surface area contributed by atoms with Crippen molar-refractivity contribution in [3.05, 3.63) is 58.1 Å². The summed E-state index contributed by atoms with van der Waals surface area (Å²) in [4.78, 5) is 41.7. The first-order valence-corrected chi connectivity index (χ1v) is 12.7. The molecule has 7 nitrogen and oxygen atoms in total. The van der Waals surface area contributed by atoms with E-state index in [0.717, 1.165) is 25.7 Å². The second-order valence-electron chi connectivity index (χ2n) is 9.19. The predicted octanol–water partition coefficient (Wildman–Crippen LogP) is 4.91. The van der Waals surface area contributed by atoms with Gasteiger partial charge in [-0.05, 0) is 61.2 Å². The zero-order chi connectivity index (χ0) is 24.9. The number of nitrogens with zero attached hydrogens (tertiary/aromatic N) is 2. The molecule has 2 aromatic carbocycles. The van der Waals surface area contributed by atoms with Gasteiger partial charge < -0.3 is 15.5 Å². The Balaban J connectivity index is 1.41. The summed E-state index contributed by atoms with van der Waals surface area (Å²) in [5, 5.41) is 6.63. The van der Waals surface area contributed by atoms with Crippen LogP contribution in [0, 0.1) is 5.92 Å². The maximum absolute atomic E-state index is 13.4. The van der Waals surface area contributed by atoms with Crippen molar-refractivity contribution in [3.8, 4) is 0 Å². The topological polar surface area (TPSA) is 81.8 Å². The van der Waals surface area contributed by atoms with E-state index in [9.17, 15) is 14.4 Å². The third-order valence-electron chi connectivity index (χ3n) is 6.74. The molecule has 4 rings (SSSR count). The van der Waals surface area contributed by atoms with Gasteiger partial charge in [-0.25, -0.2) is 0 Å². The minimum Gasteiger partial charge on any atom is -0.336 e. The molecular formula is C26H30Cl2N4O3. The Morgan fingerprint density at radius 1 is 0.886 bits per heavy atom. The average molecular weight is 517 g/mol. The SMILES string of the molecule is CC(=O)Nc1ccc(NC(=O)[C@@H](C2CCCC2)N2CCN(C(=O)c3ccc(Cl)cc3Cl)CC2)cc1. The smallest absolute Gasteiger partial charge is 0.255 e. The average Bonchev–Trinajstić information content (AvgIpc) is 3.34. The molecule has 0 radical (unpaired) electrons. The van der Waals surface area contributed by atoms with Gasteiger partial charge in [0, 0.05) is 49.5 Å². The van der Waals surface area contributed by atoms with Gasteiger partial charge in [0.2, 0.25) is 11.8 Å². The minimum atomic E-state index is -0.246. The molecule has 0 aromatic heterocycles. The maximum atomic E-state index is 13.4. The van der Waals surface area contributed by atoms with Crippen LogP contribution in [-0.2, 0) is 9.59 Å². The summed E-state index contributed by atoms with van der Waals surface area (Å²) in [7, 11) is 0. The molecule has 2 N–H and O–H groups in total. The number of anilines is 2. The van der Waals surface area contributed by atoms with Gasteiger partial charge >= 0.3 is 0 Å². The zero-order valence-corrected chi connectivity index (χ0v) is 21.2. The number of hydrogen-bond donors (Lipinski definition) is 2. The molecule has 0 spiro atoms. The van der Waals surface area contributed by atoms with E-state index < -0.39 is 0 Å². The fourth-order valence-electron chi connectivity index (χ4n) is 5.04. The summed E-state index contributed by atoms with van der Waals surface area (Å²) in [5.41, 5.74) is 1.82. The number of hydrogen-bond acceptors (Lipinski definition) is 4. The first-order valence-electron chi connectivity index (χ1n) is 12.0. The highest BCUT2D eigenvalue weighted by atomic mass is 35.5. The molecule has 1 aliphatic heterocycles. The Morgan fingerprint density at radius 2 is 1.49 bits per heavy atom. The molecule has 186 valence electrons. The van der Waals surface area contributed by atoms with Crippen LogP contribution in [0.1, 0.15) is 43.0 Å². The Morgan fingerprint density at radius 3 is 2.06 bits per heavy atom. The zero-order valence-electron chi connectivity index (χ0n) is 19.7. The Labute approximate surface area is 215 Å². The van der Waals surface area contributed by atoms with E-state index in [1.165, 1.54) is 6.92 Å². The first kappa shape index (κ1) is 25.5. The van der Waals surface area contributed by atoms with Crippen LogP contribution in [-0.4, -0.2) is 59.7 Å². The largest absolute Gasteiger partial charge is 0.336 e. The maximum Gasteiger partial charge on any atom is 0.255 e. The lowest BCUT2D eigenvalue weighted by atomic mass is 9.94. The van der Waals surface area contributed by atoms with Crippen LogP contribution in [0.25, 0.3) is 0 Å². The standard InChI is InChI=1S/C26H30Cl2N4O3/c1-17(33)29-20-7-9-21(10-8-20)30-25(34)24(18-4-2-3-5-18)31-12-14-32(15-13-31)26(35)22-11-6-19(27)16-23(22)28/h6-11,16,18,24H,2-5,12-15H2,1H3,(H,29,33)(H,30,34)/t24-/m1/s1. The summed E-state index contributed by atoms with van der Waals surface area (Å²) in [6.07, 6.45) is 4.32. The van der Waals surface area contributed by atoms with Crippen molar-refractivity contribution in [1.29, 1.82) is 0 Å². The summed E-state index contributed by atoms with van der Waals surface area (Å²) in [5.74, 6) is 0.0119. The van der Waals surface area contributed by atoms with E-state index in [1.807, 2.05) is 0 Å². The van der Waals surface area contributed by atoms with Crippen LogP contribution in [0.4, 0.5) is 11.4 Å². The van der Waals surface area contributed by atoms with Gasteiger partial charge in [0.05, 0.1) is 16.6 Å². The number of piperazine rings is 1. The fourth-order valence-corrected chi connectivity index (χ4v) is 5.53. The minimum absolute atomic E-state index is 0.0234. The molecule has 1 atom stereocenters. The summed E-state index contributed by atoms with van der Waals surface area (Å²) >= 11 is 12.2. The van der Waals surface area contributed by atoms with E-state index in [4.69, 9.17) is 23.2 Å². The first-order chi connectivity index (χ1) is 16.8. The molecule has 1 saturated carbocycles. The van der Waals surface area contributed by atoms with Crippen LogP contribution in [0.3, 0.4) is 0 Å². The van der Waals surface area contributed by atoms with Gasteiger partial charge in [0.25, 0.3) is 5.91 Å². The fraction of sp³-hybridized carbons (Fsp3) is 0.423. The Hall–Kier alpha value is -2.61. The lowest BCUT2D eigenvalue weighted by molar-refractivity contribution is -0.124. The summed E-state index contributed by atoms with van der Waals surface area (Å²) in [6, 6.07) is 11.8. The number of carbonyl (C=O) groups excluding carboxylic acids is 3. The Bertz CT molecular complexity index is 1080. The lowest BCUT2D eigenvalue weighted by Gasteiger charge is -2.40. The van der Waals surface area contributed by atoms with Crippen LogP contribution in [0.2, 0.25) is 10.0 Å². The van der Waals surface area contributed by atoms with Gasteiger partial charge in [0.1, 0.15) is 0 Å². The number of carbonyl (C=O) groups is 3. The van der Waals surface area contributed by atoms with E-state index in [2.05, 4.69) is 15.5 Å². The molecule has 0 unspecified atom stereocenters. The molecule has 9 heteroatoms. The van der Waals surface area contributed by atoms with Gasteiger partial charge in [-0.15, -0.1) is 0 Å².